The molecule has 2 aromatic heterocycles. The third-order valence-electron chi connectivity index (χ3n) is 4.91. The summed E-state index contributed by atoms with van der Waals surface area (Å²) >= 11 is 0. The Bertz CT molecular complexity index is 814. The highest BCUT2D eigenvalue weighted by atomic mass is 19.4. The predicted molar refractivity (Wildman–Crippen MR) is 95.9 cm³/mol. The maximum Gasteiger partial charge on any atom is 0.490 e. The molecule has 0 atom stereocenters. The Hall–Kier alpha value is -2.33. The molecule has 0 bridgehead atoms. The number of furan rings is 1. The monoisotopic (exact) mass is 415 g/mol. The first-order valence-corrected chi connectivity index (χ1v) is 9.39. The molecule has 3 heterocycles. The fourth-order valence-corrected chi connectivity index (χ4v) is 3.32. The van der Waals surface area contributed by atoms with Crippen LogP contribution in [0.1, 0.15) is 35.6 Å². The van der Waals surface area contributed by atoms with Crippen molar-refractivity contribution in [1.82, 2.24) is 14.7 Å². The van der Waals surface area contributed by atoms with Crippen LogP contribution in [0.4, 0.5) is 13.2 Å². The molecule has 0 unspecified atom stereocenters. The Balaban J connectivity index is 0.000000298. The minimum absolute atomic E-state index is 0.606. The fourth-order valence-electron chi connectivity index (χ4n) is 3.32. The molecular formula is C19H24F3N3O4. The van der Waals surface area contributed by atoms with Crippen LogP contribution in [0.5, 0.6) is 0 Å². The standard InChI is InChI=1S/C17H23N3O2.C2HF3O2/c1-21-12-16-15-11-19(10-14-3-2-8-22-14)7-6-17(15)20(18-16)9-13-4-5-13;3-2(4,5)1(6)7/h2-3,8,13H,4-7,9-12H2,1H3;(H,6,7). The molecule has 1 saturated carbocycles. The molecule has 1 N–H and O–H groups in total. The van der Waals surface area contributed by atoms with E-state index >= 15 is 0 Å². The van der Waals surface area contributed by atoms with Gasteiger partial charge in [0.05, 0.1) is 25.1 Å². The molecule has 2 aromatic rings. The molecule has 0 amide bonds. The van der Waals surface area contributed by atoms with Gasteiger partial charge in [-0.05, 0) is 30.9 Å². The van der Waals surface area contributed by atoms with Crippen molar-refractivity contribution in [3.8, 4) is 0 Å². The Morgan fingerprint density at radius 2 is 2.14 bits per heavy atom. The van der Waals surface area contributed by atoms with Gasteiger partial charge >= 0.3 is 12.1 Å². The molecule has 160 valence electrons. The van der Waals surface area contributed by atoms with Gasteiger partial charge < -0.3 is 14.3 Å². The summed E-state index contributed by atoms with van der Waals surface area (Å²) in [6.07, 6.45) is 0.450. The zero-order valence-electron chi connectivity index (χ0n) is 16.1. The van der Waals surface area contributed by atoms with Gasteiger partial charge in [-0.3, -0.25) is 9.58 Å². The van der Waals surface area contributed by atoms with E-state index in [1.807, 2.05) is 12.1 Å². The van der Waals surface area contributed by atoms with E-state index in [1.54, 1.807) is 13.4 Å². The highest BCUT2D eigenvalue weighted by molar-refractivity contribution is 5.73. The molecule has 0 aromatic carbocycles. The van der Waals surface area contributed by atoms with E-state index in [0.29, 0.717) is 6.61 Å². The van der Waals surface area contributed by atoms with Crippen molar-refractivity contribution in [3.63, 3.8) is 0 Å². The van der Waals surface area contributed by atoms with Crippen LogP contribution >= 0.6 is 0 Å². The number of hydrogen-bond donors (Lipinski definition) is 1. The topological polar surface area (TPSA) is 80.7 Å². The second kappa shape index (κ2) is 9.00. The second-order valence-electron chi connectivity index (χ2n) is 7.27. The average molecular weight is 415 g/mol. The lowest BCUT2D eigenvalue weighted by atomic mass is 10.0. The van der Waals surface area contributed by atoms with Crippen molar-refractivity contribution < 1.29 is 32.2 Å². The first-order chi connectivity index (χ1) is 13.8. The van der Waals surface area contributed by atoms with Gasteiger partial charge in [0.1, 0.15) is 5.76 Å². The van der Waals surface area contributed by atoms with Crippen LogP contribution in [0.25, 0.3) is 0 Å². The van der Waals surface area contributed by atoms with Gasteiger partial charge in [-0.15, -0.1) is 0 Å². The van der Waals surface area contributed by atoms with E-state index in [9.17, 15) is 13.2 Å². The van der Waals surface area contributed by atoms with Crippen molar-refractivity contribution >= 4 is 5.97 Å². The first kappa shape index (κ1) is 21.4. The number of aromatic nitrogens is 2. The summed E-state index contributed by atoms with van der Waals surface area (Å²) in [6, 6.07) is 4.00. The van der Waals surface area contributed by atoms with E-state index in [-0.39, 0.29) is 0 Å². The van der Waals surface area contributed by atoms with E-state index in [2.05, 4.69) is 9.58 Å². The summed E-state index contributed by atoms with van der Waals surface area (Å²) < 4.78 is 44.8. The molecule has 1 aliphatic carbocycles. The van der Waals surface area contributed by atoms with Crippen LogP contribution in [0.2, 0.25) is 0 Å². The minimum atomic E-state index is -5.08. The third-order valence-corrected chi connectivity index (χ3v) is 4.91. The summed E-state index contributed by atoms with van der Waals surface area (Å²) in [5.41, 5.74) is 3.91. The number of alkyl halides is 3. The lowest BCUT2D eigenvalue weighted by Crippen LogP contribution is -2.31. The second-order valence-corrected chi connectivity index (χ2v) is 7.27. The average Bonchev–Trinajstić information content (AvgIpc) is 3.21. The highest BCUT2D eigenvalue weighted by Crippen LogP contribution is 2.33. The van der Waals surface area contributed by atoms with Gasteiger partial charge in [0.2, 0.25) is 0 Å². The Morgan fingerprint density at radius 1 is 1.41 bits per heavy atom. The SMILES string of the molecule is COCc1nn(CC2CC2)c2c1CN(Cc1ccco1)CC2.O=C(O)C(F)(F)F. The van der Waals surface area contributed by atoms with E-state index in [4.69, 9.17) is 24.2 Å². The van der Waals surface area contributed by atoms with Gasteiger partial charge in [-0.25, -0.2) is 4.79 Å². The number of carboxylic acids is 1. The fraction of sp³-hybridized carbons (Fsp3) is 0.579. The number of ether oxygens (including phenoxy) is 1. The summed E-state index contributed by atoms with van der Waals surface area (Å²) in [5.74, 6) is -0.879. The Kier molecular flexibility index (Phi) is 6.63. The smallest absolute Gasteiger partial charge is 0.475 e. The molecule has 2 aliphatic rings. The molecule has 0 spiro atoms. The van der Waals surface area contributed by atoms with Crippen molar-refractivity contribution in [3.05, 3.63) is 41.1 Å². The number of fused-ring (bicyclic) bond motifs is 1. The van der Waals surface area contributed by atoms with Gasteiger partial charge in [0, 0.05) is 44.4 Å². The van der Waals surface area contributed by atoms with Crippen LogP contribution in [-0.2, 0) is 42.2 Å². The maximum atomic E-state index is 10.6. The van der Waals surface area contributed by atoms with Crippen LogP contribution in [0, 0.1) is 5.92 Å². The quantitative estimate of drug-likeness (QED) is 0.780. The van der Waals surface area contributed by atoms with E-state index < -0.39 is 12.1 Å². The number of carbonyl (C=O) groups is 1. The predicted octanol–water partition coefficient (Wildman–Crippen LogP) is 3.22. The number of methoxy groups -OCH3 is 1. The third kappa shape index (κ3) is 5.83. The number of rotatable bonds is 6. The molecule has 1 fully saturated rings. The summed E-state index contributed by atoms with van der Waals surface area (Å²) in [7, 11) is 1.75. The molecule has 0 saturated heterocycles. The molecule has 7 nitrogen and oxygen atoms in total. The summed E-state index contributed by atoms with van der Waals surface area (Å²) in [5, 5.41) is 12.0. The Morgan fingerprint density at radius 3 is 2.69 bits per heavy atom. The van der Waals surface area contributed by atoms with Crippen LogP contribution < -0.4 is 0 Å². The number of halogens is 3. The molecule has 4 rings (SSSR count). The first-order valence-electron chi connectivity index (χ1n) is 9.39. The van der Waals surface area contributed by atoms with Gasteiger partial charge in [-0.1, -0.05) is 0 Å². The molecule has 1 aliphatic heterocycles. The van der Waals surface area contributed by atoms with Crippen LogP contribution in [-0.4, -0.2) is 45.6 Å². The van der Waals surface area contributed by atoms with Gasteiger partial charge in [0.15, 0.2) is 0 Å². The van der Waals surface area contributed by atoms with Crippen molar-refractivity contribution in [1.29, 1.82) is 0 Å². The van der Waals surface area contributed by atoms with Gasteiger partial charge in [-0.2, -0.15) is 18.3 Å². The largest absolute Gasteiger partial charge is 0.490 e. The van der Waals surface area contributed by atoms with Crippen molar-refractivity contribution in [2.45, 2.75) is 51.7 Å². The van der Waals surface area contributed by atoms with Crippen molar-refractivity contribution in [2.24, 2.45) is 5.92 Å². The lowest BCUT2D eigenvalue weighted by molar-refractivity contribution is -0.192. The zero-order valence-corrected chi connectivity index (χ0v) is 16.1. The summed E-state index contributed by atoms with van der Waals surface area (Å²) in [6.45, 7) is 4.57. The minimum Gasteiger partial charge on any atom is -0.475 e. The molecule has 0 radical (unpaired) electrons. The molecule has 10 heteroatoms. The van der Waals surface area contributed by atoms with Crippen LogP contribution in [0.3, 0.4) is 0 Å². The van der Waals surface area contributed by atoms with E-state index in [0.717, 1.165) is 50.0 Å². The highest BCUT2D eigenvalue weighted by Gasteiger charge is 2.38. The number of nitrogens with zero attached hydrogens (tertiary/aromatic N) is 3. The molecule has 29 heavy (non-hydrogen) atoms. The summed E-state index contributed by atoms with van der Waals surface area (Å²) in [4.78, 5) is 11.3. The van der Waals surface area contributed by atoms with Crippen molar-refractivity contribution in [2.75, 3.05) is 13.7 Å². The normalized spacial score (nSPS) is 16.8. The zero-order chi connectivity index (χ0) is 21.0. The Labute approximate surface area is 166 Å². The maximum absolute atomic E-state index is 10.6. The lowest BCUT2D eigenvalue weighted by Gasteiger charge is -2.27. The number of aliphatic carboxylic acids is 1. The van der Waals surface area contributed by atoms with E-state index in [1.165, 1.54) is 24.1 Å². The number of hydrogen-bond acceptors (Lipinski definition) is 5. The number of carboxylic acid groups (broad SMARTS) is 1. The van der Waals surface area contributed by atoms with Crippen LogP contribution in [0.15, 0.2) is 22.8 Å². The van der Waals surface area contributed by atoms with Gasteiger partial charge in [0.25, 0.3) is 0 Å². The molecular weight excluding hydrogens is 391 g/mol.